The molecule has 6 heteroatoms. The van der Waals surface area contributed by atoms with Crippen LogP contribution in [0.15, 0.2) is 16.5 Å². The van der Waals surface area contributed by atoms with Gasteiger partial charge in [-0.2, -0.15) is 0 Å². The molecule has 1 amide bonds. The maximum atomic E-state index is 12.6. The molecule has 1 aliphatic rings. The Kier molecular flexibility index (Phi) is 4.76. The number of rotatable bonds is 3. The van der Waals surface area contributed by atoms with Crippen LogP contribution in [0.4, 0.5) is 0 Å². The third-order valence-corrected chi connectivity index (χ3v) is 5.60. The van der Waals surface area contributed by atoms with Gasteiger partial charge in [-0.05, 0) is 38.8 Å². The molecule has 0 N–H and O–H groups in total. The Hall–Kier alpha value is -1.30. The predicted molar refractivity (Wildman–Crippen MR) is 80.7 cm³/mol. The summed E-state index contributed by atoms with van der Waals surface area (Å²) < 4.78 is 29.0. The van der Waals surface area contributed by atoms with Crippen LogP contribution in [-0.2, 0) is 14.6 Å². The summed E-state index contributed by atoms with van der Waals surface area (Å²) in [6.45, 7) is 3.92. The summed E-state index contributed by atoms with van der Waals surface area (Å²) in [7, 11) is -3.39. The molecule has 0 saturated carbocycles. The van der Waals surface area contributed by atoms with Gasteiger partial charge in [-0.3, -0.25) is 4.79 Å². The summed E-state index contributed by atoms with van der Waals surface area (Å²) in [5.74, 6) is 1.24. The molecule has 2 rings (SSSR count). The van der Waals surface area contributed by atoms with Crippen molar-refractivity contribution in [2.45, 2.75) is 50.8 Å². The number of nitrogens with zero attached hydrogens (tertiary/aromatic N) is 1. The highest BCUT2D eigenvalue weighted by molar-refractivity contribution is 7.92. The van der Waals surface area contributed by atoms with Gasteiger partial charge in [0.2, 0.25) is 5.91 Å². The van der Waals surface area contributed by atoms with E-state index < -0.39 is 15.1 Å². The molecule has 0 bridgehead atoms. The minimum Gasteiger partial charge on any atom is -0.464 e. The molecule has 2 unspecified atom stereocenters. The van der Waals surface area contributed by atoms with E-state index in [9.17, 15) is 13.2 Å². The maximum Gasteiger partial charge on any atom is 0.241 e. The molecule has 1 aliphatic heterocycles. The Labute approximate surface area is 126 Å². The van der Waals surface area contributed by atoms with Gasteiger partial charge in [-0.1, -0.05) is 12.8 Å². The van der Waals surface area contributed by atoms with E-state index in [1.165, 1.54) is 6.92 Å². The lowest BCUT2D eigenvalue weighted by atomic mass is 10.1. The third-order valence-electron chi connectivity index (χ3n) is 4.12. The van der Waals surface area contributed by atoms with Gasteiger partial charge in [0.15, 0.2) is 9.84 Å². The summed E-state index contributed by atoms with van der Waals surface area (Å²) in [5.41, 5.74) is 0. The Balaban J connectivity index is 2.30. The molecule has 2 heterocycles. The van der Waals surface area contributed by atoms with Gasteiger partial charge < -0.3 is 9.32 Å². The first-order valence-electron chi connectivity index (χ1n) is 7.36. The number of likely N-dealkylation sites (tertiary alicyclic amines) is 1. The highest BCUT2D eigenvalue weighted by atomic mass is 32.2. The van der Waals surface area contributed by atoms with Crippen molar-refractivity contribution in [3.05, 3.63) is 23.7 Å². The number of hydrogen-bond donors (Lipinski definition) is 0. The van der Waals surface area contributed by atoms with Crippen molar-refractivity contribution in [1.82, 2.24) is 4.90 Å². The van der Waals surface area contributed by atoms with Gasteiger partial charge in [0, 0.05) is 12.8 Å². The molecule has 1 saturated heterocycles. The van der Waals surface area contributed by atoms with E-state index >= 15 is 0 Å². The normalized spacial score (nSPS) is 21.9. The number of carbonyl (C=O) groups is 1. The summed E-state index contributed by atoms with van der Waals surface area (Å²) in [6, 6.07) is 3.61. The molecule has 0 aliphatic carbocycles. The van der Waals surface area contributed by atoms with E-state index in [4.69, 9.17) is 4.42 Å². The van der Waals surface area contributed by atoms with Crippen LogP contribution in [0.3, 0.4) is 0 Å². The second-order valence-corrected chi connectivity index (χ2v) is 8.18. The Morgan fingerprint density at radius 2 is 2.05 bits per heavy atom. The molecule has 0 spiro atoms. The SMILES string of the molecule is Cc1ccc(C2CCCCCN2C(=O)C(C)S(C)(=O)=O)o1. The molecule has 118 valence electrons. The van der Waals surface area contributed by atoms with Gasteiger partial charge in [-0.15, -0.1) is 0 Å². The molecule has 1 fully saturated rings. The lowest BCUT2D eigenvalue weighted by molar-refractivity contribution is -0.133. The average Bonchev–Trinajstić information content (AvgIpc) is 2.70. The first-order valence-corrected chi connectivity index (χ1v) is 9.32. The molecular weight excluding hydrogens is 290 g/mol. The molecule has 0 aromatic carbocycles. The molecule has 21 heavy (non-hydrogen) atoms. The summed E-state index contributed by atoms with van der Waals surface area (Å²) >= 11 is 0. The van der Waals surface area contributed by atoms with E-state index in [0.29, 0.717) is 6.54 Å². The molecule has 1 aromatic rings. The number of carbonyl (C=O) groups excluding carboxylic acids is 1. The Morgan fingerprint density at radius 3 is 2.62 bits per heavy atom. The van der Waals surface area contributed by atoms with Crippen molar-refractivity contribution >= 4 is 15.7 Å². The quantitative estimate of drug-likeness (QED) is 0.859. The Morgan fingerprint density at radius 1 is 1.33 bits per heavy atom. The monoisotopic (exact) mass is 313 g/mol. The smallest absolute Gasteiger partial charge is 0.241 e. The first-order chi connectivity index (χ1) is 9.80. The van der Waals surface area contributed by atoms with E-state index in [-0.39, 0.29) is 11.9 Å². The van der Waals surface area contributed by atoms with Crippen molar-refractivity contribution in [3.8, 4) is 0 Å². The largest absolute Gasteiger partial charge is 0.464 e. The van der Waals surface area contributed by atoms with Gasteiger partial charge in [0.25, 0.3) is 0 Å². The maximum absolute atomic E-state index is 12.6. The van der Waals surface area contributed by atoms with Crippen LogP contribution >= 0.6 is 0 Å². The van der Waals surface area contributed by atoms with Crippen molar-refractivity contribution in [3.63, 3.8) is 0 Å². The lowest BCUT2D eigenvalue weighted by Gasteiger charge is -2.30. The summed E-state index contributed by atoms with van der Waals surface area (Å²) in [6.07, 6.45) is 4.89. The first kappa shape index (κ1) is 16.1. The van der Waals surface area contributed by atoms with Gasteiger partial charge in [0.1, 0.15) is 16.8 Å². The van der Waals surface area contributed by atoms with Crippen LogP contribution in [0.25, 0.3) is 0 Å². The zero-order valence-electron chi connectivity index (χ0n) is 12.8. The van der Waals surface area contributed by atoms with Gasteiger partial charge in [0.05, 0.1) is 6.04 Å². The molecular formula is C15H23NO4S. The van der Waals surface area contributed by atoms with E-state index in [1.807, 2.05) is 19.1 Å². The highest BCUT2D eigenvalue weighted by Crippen LogP contribution is 2.32. The standard InChI is InChI=1S/C15H23NO4S/c1-11-8-9-14(20-11)13-7-5-4-6-10-16(13)15(17)12(2)21(3,18)19/h8-9,12-13H,4-7,10H2,1-3H3. The van der Waals surface area contributed by atoms with Crippen molar-refractivity contribution in [1.29, 1.82) is 0 Å². The second kappa shape index (κ2) is 6.22. The van der Waals surface area contributed by atoms with Crippen molar-refractivity contribution in [2.75, 3.05) is 12.8 Å². The zero-order valence-corrected chi connectivity index (χ0v) is 13.6. The number of sulfone groups is 1. The van der Waals surface area contributed by atoms with Crippen molar-refractivity contribution in [2.24, 2.45) is 0 Å². The van der Waals surface area contributed by atoms with E-state index in [2.05, 4.69) is 0 Å². The van der Waals surface area contributed by atoms with E-state index in [0.717, 1.165) is 43.5 Å². The Bertz CT molecular complexity index is 605. The molecule has 0 radical (unpaired) electrons. The fourth-order valence-electron chi connectivity index (χ4n) is 2.72. The average molecular weight is 313 g/mol. The number of aryl methyl sites for hydroxylation is 1. The van der Waals surface area contributed by atoms with Crippen LogP contribution < -0.4 is 0 Å². The van der Waals surface area contributed by atoms with E-state index in [1.54, 1.807) is 4.90 Å². The van der Waals surface area contributed by atoms with Gasteiger partial charge >= 0.3 is 0 Å². The fraction of sp³-hybridized carbons (Fsp3) is 0.667. The highest BCUT2D eigenvalue weighted by Gasteiger charge is 2.34. The minimum atomic E-state index is -3.39. The molecule has 1 aromatic heterocycles. The summed E-state index contributed by atoms with van der Waals surface area (Å²) in [5, 5.41) is -1.01. The van der Waals surface area contributed by atoms with Crippen LogP contribution in [0.2, 0.25) is 0 Å². The van der Waals surface area contributed by atoms with Crippen molar-refractivity contribution < 1.29 is 17.6 Å². The summed E-state index contributed by atoms with van der Waals surface area (Å²) in [4.78, 5) is 14.3. The van der Waals surface area contributed by atoms with Crippen LogP contribution in [0, 0.1) is 6.92 Å². The van der Waals surface area contributed by atoms with Gasteiger partial charge in [-0.25, -0.2) is 8.42 Å². The third kappa shape index (κ3) is 3.67. The second-order valence-electron chi connectivity index (χ2n) is 5.82. The van der Waals surface area contributed by atoms with Crippen LogP contribution in [-0.4, -0.2) is 37.3 Å². The number of hydrogen-bond acceptors (Lipinski definition) is 4. The molecule has 5 nitrogen and oxygen atoms in total. The lowest BCUT2D eigenvalue weighted by Crippen LogP contribution is -2.43. The zero-order chi connectivity index (χ0) is 15.6. The number of furan rings is 1. The fourth-order valence-corrected chi connectivity index (χ4v) is 3.22. The predicted octanol–water partition coefficient (Wildman–Crippen LogP) is 2.46. The van der Waals surface area contributed by atoms with Crippen LogP contribution in [0.5, 0.6) is 0 Å². The number of amides is 1. The minimum absolute atomic E-state index is 0.155. The topological polar surface area (TPSA) is 67.6 Å². The molecule has 2 atom stereocenters. The van der Waals surface area contributed by atoms with Crippen LogP contribution in [0.1, 0.15) is 50.2 Å².